The van der Waals surface area contributed by atoms with Crippen LogP contribution in [0.15, 0.2) is 29.2 Å². The molecule has 1 aromatic rings. The van der Waals surface area contributed by atoms with Crippen LogP contribution in [-0.2, 0) is 9.84 Å². The molecule has 4 heteroatoms. The summed E-state index contributed by atoms with van der Waals surface area (Å²) in [6, 6.07) is 7.10. The van der Waals surface area contributed by atoms with E-state index in [9.17, 15) is 8.42 Å². The highest BCUT2D eigenvalue weighted by Crippen LogP contribution is 2.27. The molecule has 3 nitrogen and oxygen atoms in total. The second kappa shape index (κ2) is 6.93. The van der Waals surface area contributed by atoms with Gasteiger partial charge in [0.1, 0.15) is 0 Å². The van der Waals surface area contributed by atoms with Crippen LogP contribution in [0, 0.1) is 0 Å². The van der Waals surface area contributed by atoms with E-state index < -0.39 is 15.1 Å². The van der Waals surface area contributed by atoms with E-state index in [0.717, 1.165) is 31.2 Å². The van der Waals surface area contributed by atoms with Gasteiger partial charge in [0.25, 0.3) is 0 Å². The lowest BCUT2D eigenvalue weighted by Crippen LogP contribution is -2.41. The van der Waals surface area contributed by atoms with Gasteiger partial charge in [0.2, 0.25) is 0 Å². The zero-order chi connectivity index (χ0) is 15.5. The van der Waals surface area contributed by atoms with Gasteiger partial charge in [0.15, 0.2) is 9.84 Å². The number of rotatable bonds is 3. The van der Waals surface area contributed by atoms with Gasteiger partial charge in [0, 0.05) is 6.04 Å². The van der Waals surface area contributed by atoms with Crippen LogP contribution in [0.1, 0.15) is 63.9 Å². The molecule has 2 rings (SSSR count). The highest BCUT2D eigenvalue weighted by Gasteiger charge is 2.32. The van der Waals surface area contributed by atoms with Crippen molar-refractivity contribution >= 4 is 9.84 Å². The Morgan fingerprint density at radius 2 is 1.57 bits per heavy atom. The summed E-state index contributed by atoms with van der Waals surface area (Å²) in [6.07, 6.45) is 5.79. The van der Waals surface area contributed by atoms with Crippen molar-refractivity contribution in [3.63, 3.8) is 0 Å². The fourth-order valence-corrected chi connectivity index (χ4v) is 5.02. The second-order valence-corrected chi connectivity index (χ2v) is 8.63. The Hall–Kier alpha value is -0.870. The Labute approximate surface area is 128 Å². The normalized spacial score (nSPS) is 24.6. The predicted molar refractivity (Wildman–Crippen MR) is 87.2 cm³/mol. The third kappa shape index (κ3) is 3.86. The lowest BCUT2D eigenvalue weighted by molar-refractivity contribution is 0.444. The van der Waals surface area contributed by atoms with Gasteiger partial charge in [-0.2, -0.15) is 0 Å². The molecule has 1 saturated carbocycles. The minimum atomic E-state index is -3.32. The highest BCUT2D eigenvalue weighted by atomic mass is 32.2. The van der Waals surface area contributed by atoms with E-state index in [4.69, 9.17) is 5.73 Å². The molecule has 0 radical (unpaired) electrons. The summed E-state index contributed by atoms with van der Waals surface area (Å²) in [7, 11) is -3.32. The van der Waals surface area contributed by atoms with E-state index in [0.29, 0.717) is 17.2 Å². The molecule has 118 valence electrons. The number of hydrogen-bond donors (Lipinski definition) is 1. The quantitative estimate of drug-likeness (QED) is 0.927. The van der Waals surface area contributed by atoms with Crippen molar-refractivity contribution in [1.82, 2.24) is 0 Å². The maximum Gasteiger partial charge on any atom is 0.182 e. The number of nitrogens with two attached hydrogens (primary N) is 1. The van der Waals surface area contributed by atoms with Crippen molar-refractivity contribution in [3.8, 4) is 0 Å². The Bertz CT molecular complexity index is 549. The zero-order valence-corrected chi connectivity index (χ0v) is 13.9. The fourth-order valence-electron chi connectivity index (χ4n) is 3.08. The minimum absolute atomic E-state index is 0.236. The van der Waals surface area contributed by atoms with E-state index in [1.165, 1.54) is 6.42 Å². The summed E-state index contributed by atoms with van der Waals surface area (Å²) in [4.78, 5) is 0.424. The van der Waals surface area contributed by atoms with Gasteiger partial charge < -0.3 is 5.73 Å². The Morgan fingerprint density at radius 3 is 2.14 bits per heavy atom. The average molecular weight is 309 g/mol. The van der Waals surface area contributed by atoms with Gasteiger partial charge in [-0.25, -0.2) is 8.42 Å². The molecule has 0 aromatic heterocycles. The van der Waals surface area contributed by atoms with Crippen LogP contribution >= 0.6 is 0 Å². The minimum Gasteiger partial charge on any atom is -0.327 e. The number of hydrogen-bond acceptors (Lipinski definition) is 3. The van der Waals surface area contributed by atoms with Crippen LogP contribution < -0.4 is 5.73 Å². The third-order valence-electron chi connectivity index (χ3n) is 4.53. The Kier molecular flexibility index (Phi) is 5.44. The molecule has 0 aliphatic heterocycles. The average Bonchev–Trinajstić information content (AvgIpc) is 2.43. The monoisotopic (exact) mass is 309 g/mol. The largest absolute Gasteiger partial charge is 0.327 e. The lowest BCUT2D eigenvalue weighted by Gasteiger charge is -2.26. The van der Waals surface area contributed by atoms with E-state index in [2.05, 4.69) is 13.8 Å². The molecule has 2 N–H and O–H groups in total. The molecule has 1 fully saturated rings. The molecule has 0 amide bonds. The Morgan fingerprint density at radius 1 is 1.00 bits per heavy atom. The standard InChI is InChI=1S/C17H27NO2S/c1-13(2)14-9-11-15(12-10-14)21(19,20)17-8-6-4-3-5-7-16(17)18/h9-13,16-17H,3-8,18H2,1-2H3. The van der Waals surface area contributed by atoms with Crippen molar-refractivity contribution in [2.24, 2.45) is 5.73 Å². The molecule has 0 bridgehead atoms. The molecule has 21 heavy (non-hydrogen) atoms. The van der Waals surface area contributed by atoms with Crippen molar-refractivity contribution in [3.05, 3.63) is 29.8 Å². The maximum absolute atomic E-state index is 12.9. The Balaban J connectivity index is 2.26. The predicted octanol–water partition coefficient (Wildman–Crippen LogP) is 3.63. The first-order valence-electron chi connectivity index (χ1n) is 8.02. The SMILES string of the molecule is CC(C)c1ccc(S(=O)(=O)C2CCCCCCC2N)cc1. The summed E-state index contributed by atoms with van der Waals surface area (Å²) in [5, 5.41) is -0.428. The first-order valence-corrected chi connectivity index (χ1v) is 9.57. The molecule has 0 heterocycles. The van der Waals surface area contributed by atoms with Crippen LogP contribution in [0.3, 0.4) is 0 Å². The summed E-state index contributed by atoms with van der Waals surface area (Å²) in [5.74, 6) is 0.408. The summed E-state index contributed by atoms with van der Waals surface area (Å²) >= 11 is 0. The van der Waals surface area contributed by atoms with Crippen molar-refractivity contribution in [1.29, 1.82) is 0 Å². The second-order valence-electron chi connectivity index (χ2n) is 6.46. The molecular formula is C17H27NO2S. The van der Waals surface area contributed by atoms with Crippen LogP contribution in [0.5, 0.6) is 0 Å². The van der Waals surface area contributed by atoms with Gasteiger partial charge in [-0.05, 0) is 36.5 Å². The van der Waals surface area contributed by atoms with E-state index in [1.807, 2.05) is 12.1 Å². The van der Waals surface area contributed by atoms with Gasteiger partial charge in [-0.3, -0.25) is 0 Å². The summed E-state index contributed by atoms with van der Waals surface area (Å²) in [6.45, 7) is 4.21. The fraction of sp³-hybridized carbons (Fsp3) is 0.647. The maximum atomic E-state index is 12.9. The van der Waals surface area contributed by atoms with Crippen LogP contribution in [0.4, 0.5) is 0 Å². The first kappa shape index (κ1) is 16.5. The van der Waals surface area contributed by atoms with Gasteiger partial charge >= 0.3 is 0 Å². The van der Waals surface area contributed by atoms with Crippen LogP contribution in [0.25, 0.3) is 0 Å². The molecule has 2 atom stereocenters. The van der Waals surface area contributed by atoms with Gasteiger partial charge in [0.05, 0.1) is 10.1 Å². The molecule has 1 aromatic carbocycles. The van der Waals surface area contributed by atoms with E-state index in [1.54, 1.807) is 12.1 Å². The number of benzene rings is 1. The summed E-state index contributed by atoms with van der Waals surface area (Å²) < 4.78 is 25.7. The van der Waals surface area contributed by atoms with E-state index in [-0.39, 0.29) is 6.04 Å². The van der Waals surface area contributed by atoms with Gasteiger partial charge in [-0.15, -0.1) is 0 Å². The van der Waals surface area contributed by atoms with Crippen molar-refractivity contribution in [2.75, 3.05) is 0 Å². The van der Waals surface area contributed by atoms with Crippen molar-refractivity contribution < 1.29 is 8.42 Å². The molecule has 0 spiro atoms. The smallest absolute Gasteiger partial charge is 0.182 e. The molecule has 1 aliphatic rings. The van der Waals surface area contributed by atoms with Gasteiger partial charge in [-0.1, -0.05) is 51.7 Å². The van der Waals surface area contributed by atoms with E-state index >= 15 is 0 Å². The molecule has 0 saturated heterocycles. The third-order valence-corrected chi connectivity index (χ3v) is 6.84. The highest BCUT2D eigenvalue weighted by molar-refractivity contribution is 7.92. The summed E-state index contributed by atoms with van der Waals surface area (Å²) in [5.41, 5.74) is 7.33. The lowest BCUT2D eigenvalue weighted by atomic mass is 9.97. The zero-order valence-electron chi connectivity index (χ0n) is 13.1. The van der Waals surface area contributed by atoms with Crippen LogP contribution in [0.2, 0.25) is 0 Å². The first-order chi connectivity index (χ1) is 9.93. The topological polar surface area (TPSA) is 60.2 Å². The molecular weight excluding hydrogens is 282 g/mol. The van der Waals surface area contributed by atoms with Crippen LogP contribution in [-0.4, -0.2) is 19.7 Å². The number of sulfone groups is 1. The molecule has 2 unspecified atom stereocenters. The van der Waals surface area contributed by atoms with Crippen molar-refractivity contribution in [2.45, 2.75) is 74.5 Å². The molecule has 1 aliphatic carbocycles.